The first-order valence-electron chi connectivity index (χ1n) is 12.5. The first kappa shape index (κ1) is 24.5. The van der Waals surface area contributed by atoms with E-state index in [2.05, 4.69) is 63.2 Å². The van der Waals surface area contributed by atoms with Gasteiger partial charge in [0.1, 0.15) is 5.65 Å². The lowest BCUT2D eigenvalue weighted by atomic mass is 9.96. The zero-order valence-electron chi connectivity index (χ0n) is 21.3. The molecule has 37 heavy (non-hydrogen) atoms. The van der Waals surface area contributed by atoms with E-state index in [0.717, 1.165) is 77.4 Å². The van der Waals surface area contributed by atoms with Gasteiger partial charge in [0.25, 0.3) is 0 Å². The zero-order valence-corrected chi connectivity index (χ0v) is 21.3. The maximum absolute atomic E-state index is 12.0. The van der Waals surface area contributed by atoms with Gasteiger partial charge in [0.05, 0.1) is 5.69 Å². The minimum atomic E-state index is -0.238. The Hall–Kier alpha value is -4.23. The molecule has 7 heteroatoms. The number of amides is 2. The predicted octanol–water partition coefficient (Wildman–Crippen LogP) is 4.99. The Labute approximate surface area is 216 Å². The summed E-state index contributed by atoms with van der Waals surface area (Å²) in [6, 6.07) is 18.7. The Morgan fingerprint density at radius 3 is 2.62 bits per heavy atom. The molecule has 188 valence electrons. The van der Waals surface area contributed by atoms with E-state index in [-0.39, 0.29) is 11.8 Å². The first-order chi connectivity index (χ1) is 17.9. The summed E-state index contributed by atoms with van der Waals surface area (Å²) < 4.78 is 0. The van der Waals surface area contributed by atoms with Crippen LogP contribution in [0.2, 0.25) is 0 Å². The monoisotopic (exact) mass is 493 g/mol. The molecule has 1 aliphatic rings. The molecule has 0 unspecified atom stereocenters. The summed E-state index contributed by atoms with van der Waals surface area (Å²) in [5.41, 5.74) is 7.86. The SMILES string of the molecule is C=CC(=O)Nc1cc(-c2c(-c3cccc(CN4CCN(C(C)=O)CC4)c3)[nH]c3ncccc23)ccc1C. The van der Waals surface area contributed by atoms with Gasteiger partial charge in [-0.3, -0.25) is 14.5 Å². The molecule has 2 aromatic carbocycles. The summed E-state index contributed by atoms with van der Waals surface area (Å²) in [7, 11) is 0. The molecule has 0 bridgehead atoms. The molecule has 3 heterocycles. The van der Waals surface area contributed by atoms with E-state index in [1.54, 1.807) is 13.1 Å². The molecular formula is C30H31N5O2. The van der Waals surface area contributed by atoms with Crippen LogP contribution < -0.4 is 5.32 Å². The lowest BCUT2D eigenvalue weighted by molar-refractivity contribution is -0.130. The fourth-order valence-corrected chi connectivity index (χ4v) is 4.94. The molecule has 0 atom stereocenters. The van der Waals surface area contributed by atoms with Gasteiger partial charge in [0.15, 0.2) is 0 Å². The molecule has 2 aromatic heterocycles. The average molecular weight is 494 g/mol. The third-order valence-corrected chi connectivity index (χ3v) is 6.98. The van der Waals surface area contributed by atoms with Crippen LogP contribution in [0.15, 0.2) is 73.4 Å². The van der Waals surface area contributed by atoms with E-state index in [1.165, 1.54) is 11.6 Å². The number of nitrogens with zero attached hydrogens (tertiary/aromatic N) is 3. The highest BCUT2D eigenvalue weighted by molar-refractivity contribution is 6.04. The third kappa shape index (κ3) is 5.17. The average Bonchev–Trinajstić information content (AvgIpc) is 3.30. The van der Waals surface area contributed by atoms with Gasteiger partial charge in [0.2, 0.25) is 11.8 Å². The van der Waals surface area contributed by atoms with Gasteiger partial charge in [-0.25, -0.2) is 4.98 Å². The van der Waals surface area contributed by atoms with Crippen molar-refractivity contribution in [1.82, 2.24) is 19.8 Å². The number of carbonyl (C=O) groups is 2. The molecule has 5 rings (SSSR count). The van der Waals surface area contributed by atoms with Gasteiger partial charge in [-0.1, -0.05) is 36.9 Å². The van der Waals surface area contributed by atoms with Gasteiger partial charge < -0.3 is 15.2 Å². The highest BCUT2D eigenvalue weighted by atomic mass is 16.2. The lowest BCUT2D eigenvalue weighted by Gasteiger charge is -2.34. The summed E-state index contributed by atoms with van der Waals surface area (Å²) in [6.45, 7) is 11.3. The lowest BCUT2D eigenvalue weighted by Crippen LogP contribution is -2.47. The maximum Gasteiger partial charge on any atom is 0.247 e. The largest absolute Gasteiger partial charge is 0.340 e. The summed E-state index contributed by atoms with van der Waals surface area (Å²) in [4.78, 5) is 36.1. The molecule has 0 saturated carbocycles. The summed E-state index contributed by atoms with van der Waals surface area (Å²) in [6.07, 6.45) is 3.06. The van der Waals surface area contributed by atoms with Crippen LogP contribution in [0, 0.1) is 6.92 Å². The number of nitrogens with one attached hydrogen (secondary N) is 2. The fourth-order valence-electron chi connectivity index (χ4n) is 4.94. The number of hydrogen-bond acceptors (Lipinski definition) is 4. The van der Waals surface area contributed by atoms with Crippen LogP contribution in [-0.2, 0) is 16.1 Å². The van der Waals surface area contributed by atoms with Crippen molar-refractivity contribution in [2.45, 2.75) is 20.4 Å². The normalized spacial score (nSPS) is 14.1. The Bertz CT molecular complexity index is 1480. The van der Waals surface area contributed by atoms with E-state index in [1.807, 2.05) is 30.0 Å². The van der Waals surface area contributed by atoms with Gasteiger partial charge in [-0.2, -0.15) is 0 Å². The molecule has 2 N–H and O–H groups in total. The van der Waals surface area contributed by atoms with Gasteiger partial charge >= 0.3 is 0 Å². The Morgan fingerprint density at radius 1 is 1.05 bits per heavy atom. The van der Waals surface area contributed by atoms with E-state index in [0.29, 0.717) is 0 Å². The number of carbonyl (C=O) groups excluding carboxylic acids is 2. The summed E-state index contributed by atoms with van der Waals surface area (Å²) in [5.74, 6) is -0.0946. The van der Waals surface area contributed by atoms with Crippen molar-refractivity contribution >= 4 is 28.5 Å². The predicted molar refractivity (Wildman–Crippen MR) is 148 cm³/mol. The van der Waals surface area contributed by atoms with Gasteiger partial charge in [-0.05, 0) is 59.5 Å². The second-order valence-electron chi connectivity index (χ2n) is 9.48. The summed E-state index contributed by atoms with van der Waals surface area (Å²) in [5, 5.41) is 3.94. The third-order valence-electron chi connectivity index (χ3n) is 6.98. The molecule has 1 fully saturated rings. The van der Waals surface area contributed by atoms with E-state index >= 15 is 0 Å². The van der Waals surface area contributed by atoms with E-state index in [9.17, 15) is 9.59 Å². The number of benzene rings is 2. The van der Waals surface area contributed by atoms with Crippen LogP contribution in [0.4, 0.5) is 5.69 Å². The second-order valence-corrected chi connectivity index (χ2v) is 9.48. The number of aromatic nitrogens is 2. The first-order valence-corrected chi connectivity index (χ1v) is 12.5. The number of hydrogen-bond donors (Lipinski definition) is 2. The van der Waals surface area contributed by atoms with Crippen LogP contribution in [0.3, 0.4) is 0 Å². The number of piperazine rings is 1. The number of fused-ring (bicyclic) bond motifs is 1. The van der Waals surface area contributed by atoms with Crippen molar-refractivity contribution in [3.05, 3.63) is 84.6 Å². The molecule has 7 nitrogen and oxygen atoms in total. The molecule has 2 amide bonds. The number of aryl methyl sites for hydroxylation is 1. The van der Waals surface area contributed by atoms with Crippen molar-refractivity contribution < 1.29 is 9.59 Å². The molecule has 0 spiro atoms. The number of rotatable bonds is 6. The number of anilines is 1. The second kappa shape index (κ2) is 10.4. The van der Waals surface area contributed by atoms with Crippen molar-refractivity contribution in [2.75, 3.05) is 31.5 Å². The zero-order chi connectivity index (χ0) is 25.9. The smallest absolute Gasteiger partial charge is 0.247 e. The van der Waals surface area contributed by atoms with Crippen molar-refractivity contribution in [3.8, 4) is 22.4 Å². The van der Waals surface area contributed by atoms with Crippen LogP contribution in [0.5, 0.6) is 0 Å². The van der Waals surface area contributed by atoms with Crippen LogP contribution in [-0.4, -0.2) is 57.8 Å². The highest BCUT2D eigenvalue weighted by Crippen LogP contribution is 2.39. The Kier molecular flexibility index (Phi) is 6.88. The Morgan fingerprint density at radius 2 is 1.86 bits per heavy atom. The van der Waals surface area contributed by atoms with Crippen molar-refractivity contribution in [3.63, 3.8) is 0 Å². The molecule has 1 saturated heterocycles. The maximum atomic E-state index is 12.0. The number of aromatic amines is 1. The van der Waals surface area contributed by atoms with E-state index < -0.39 is 0 Å². The molecule has 4 aromatic rings. The van der Waals surface area contributed by atoms with Crippen LogP contribution >= 0.6 is 0 Å². The number of H-pyrrole nitrogens is 1. The van der Waals surface area contributed by atoms with Gasteiger partial charge in [-0.15, -0.1) is 0 Å². The standard InChI is InChI=1S/C30H31N5O2/c1-4-27(37)32-26-18-23(11-10-20(26)2)28-25-9-6-12-31-30(25)33-29(28)24-8-5-7-22(17-24)19-34-13-15-35(16-14-34)21(3)36/h4-12,17-18H,1,13-16,19H2,2-3H3,(H,31,33)(H,32,37). The molecule has 0 radical (unpaired) electrons. The van der Waals surface area contributed by atoms with Crippen LogP contribution in [0.1, 0.15) is 18.1 Å². The van der Waals surface area contributed by atoms with Crippen molar-refractivity contribution in [1.29, 1.82) is 0 Å². The quantitative estimate of drug-likeness (QED) is 0.371. The number of pyridine rings is 1. The minimum absolute atomic E-state index is 0.143. The summed E-state index contributed by atoms with van der Waals surface area (Å²) >= 11 is 0. The fraction of sp³-hybridized carbons (Fsp3) is 0.233. The molecule has 0 aliphatic carbocycles. The highest BCUT2D eigenvalue weighted by Gasteiger charge is 2.20. The minimum Gasteiger partial charge on any atom is -0.340 e. The van der Waals surface area contributed by atoms with Gasteiger partial charge in [0, 0.05) is 62.5 Å². The Balaban J connectivity index is 1.51. The topological polar surface area (TPSA) is 81.3 Å². The van der Waals surface area contributed by atoms with Crippen molar-refractivity contribution in [2.24, 2.45) is 0 Å². The molecule has 1 aliphatic heterocycles. The van der Waals surface area contributed by atoms with Crippen LogP contribution in [0.25, 0.3) is 33.4 Å². The molecular weight excluding hydrogens is 462 g/mol. The van der Waals surface area contributed by atoms with E-state index in [4.69, 9.17) is 0 Å².